The number of hydrogen-bond donors (Lipinski definition) is 0. The van der Waals surface area contributed by atoms with Crippen LogP contribution in [0.25, 0.3) is 6.08 Å². The lowest BCUT2D eigenvalue weighted by Crippen LogP contribution is -2.14. The topological polar surface area (TPSA) is 60.4 Å². The van der Waals surface area contributed by atoms with Gasteiger partial charge in [-0.15, -0.1) is 0 Å². The van der Waals surface area contributed by atoms with Gasteiger partial charge >= 0.3 is 5.97 Å². The average molecular weight is 232 g/mol. The minimum atomic E-state index is -0.867. The van der Waals surface area contributed by atoms with E-state index < -0.39 is 11.8 Å². The number of rotatable bonds is 5. The smallest absolute Gasteiger partial charge is 0.379 e. The van der Waals surface area contributed by atoms with Gasteiger partial charge in [-0.2, -0.15) is 0 Å². The summed E-state index contributed by atoms with van der Waals surface area (Å²) in [4.78, 5) is 32.6. The van der Waals surface area contributed by atoms with E-state index in [1.165, 1.54) is 6.08 Å². The van der Waals surface area contributed by atoms with Gasteiger partial charge in [-0.3, -0.25) is 9.59 Å². The van der Waals surface area contributed by atoms with Crippen LogP contribution in [0.3, 0.4) is 0 Å². The van der Waals surface area contributed by atoms with Gasteiger partial charge in [-0.25, -0.2) is 4.79 Å². The number of benzene rings is 1. The third-order valence-corrected chi connectivity index (χ3v) is 1.98. The molecule has 0 saturated carbocycles. The van der Waals surface area contributed by atoms with E-state index in [-0.39, 0.29) is 6.61 Å². The Hall–Kier alpha value is -2.23. The minimum absolute atomic E-state index is 0.173. The van der Waals surface area contributed by atoms with Crippen LogP contribution in [0.4, 0.5) is 0 Å². The monoisotopic (exact) mass is 232 g/mol. The summed E-state index contributed by atoms with van der Waals surface area (Å²) in [6, 6.07) is 6.61. The van der Waals surface area contributed by atoms with Crippen LogP contribution < -0.4 is 0 Å². The van der Waals surface area contributed by atoms with Gasteiger partial charge in [0.15, 0.2) is 0 Å². The highest BCUT2D eigenvalue weighted by Gasteiger charge is 2.09. The molecule has 0 N–H and O–H groups in total. The maximum Gasteiger partial charge on any atom is 0.379 e. The summed E-state index contributed by atoms with van der Waals surface area (Å²) in [6.07, 6.45) is 3.37. The standard InChI is InChI=1S/C13H12O4/c1-2-17-13(16)12(15)8-7-10-3-5-11(9-14)6-4-10/h3-9H,2H2,1H3. The van der Waals surface area contributed by atoms with Gasteiger partial charge in [0.25, 0.3) is 5.78 Å². The molecule has 0 aliphatic heterocycles. The van der Waals surface area contributed by atoms with E-state index in [1.807, 2.05) is 0 Å². The normalized spacial score (nSPS) is 10.2. The van der Waals surface area contributed by atoms with E-state index >= 15 is 0 Å². The van der Waals surface area contributed by atoms with Gasteiger partial charge in [-0.1, -0.05) is 30.3 Å². The third-order valence-electron chi connectivity index (χ3n) is 1.98. The highest BCUT2D eigenvalue weighted by Crippen LogP contribution is 2.04. The second-order valence-electron chi connectivity index (χ2n) is 3.20. The Morgan fingerprint density at radius 1 is 1.18 bits per heavy atom. The van der Waals surface area contributed by atoms with Crippen LogP contribution in [-0.4, -0.2) is 24.6 Å². The minimum Gasteiger partial charge on any atom is -0.460 e. The van der Waals surface area contributed by atoms with Crippen LogP contribution in [0, 0.1) is 0 Å². The van der Waals surface area contributed by atoms with Gasteiger partial charge in [0, 0.05) is 5.56 Å². The van der Waals surface area contributed by atoms with E-state index in [1.54, 1.807) is 31.2 Å². The first kappa shape index (κ1) is 12.8. The molecule has 0 saturated heterocycles. The number of carbonyl (C=O) groups is 3. The number of esters is 1. The van der Waals surface area contributed by atoms with Crippen molar-refractivity contribution in [3.63, 3.8) is 0 Å². The van der Waals surface area contributed by atoms with Gasteiger partial charge < -0.3 is 4.74 Å². The quantitative estimate of drug-likeness (QED) is 0.335. The Morgan fingerprint density at radius 3 is 2.29 bits per heavy atom. The maximum absolute atomic E-state index is 11.2. The molecule has 0 amide bonds. The molecule has 0 aliphatic rings. The van der Waals surface area contributed by atoms with Gasteiger partial charge in [0.1, 0.15) is 6.29 Å². The summed E-state index contributed by atoms with van der Waals surface area (Å²) in [6.45, 7) is 1.81. The molecule has 0 spiro atoms. The fourth-order valence-electron chi connectivity index (χ4n) is 1.13. The number of ether oxygens (including phenoxy) is 1. The first-order valence-electron chi connectivity index (χ1n) is 5.11. The molecule has 0 aliphatic carbocycles. The average Bonchev–Trinajstić information content (AvgIpc) is 2.36. The van der Waals surface area contributed by atoms with Crippen molar-refractivity contribution in [2.75, 3.05) is 6.61 Å². The summed E-state index contributed by atoms with van der Waals surface area (Å²) in [5, 5.41) is 0. The lowest BCUT2D eigenvalue weighted by atomic mass is 10.1. The zero-order valence-electron chi connectivity index (χ0n) is 9.38. The molecule has 1 aromatic carbocycles. The van der Waals surface area contributed by atoms with Crippen molar-refractivity contribution in [3.05, 3.63) is 41.5 Å². The van der Waals surface area contributed by atoms with Crippen LogP contribution in [-0.2, 0) is 14.3 Å². The molecule has 88 valence electrons. The predicted octanol–water partition coefficient (Wildman–Crippen LogP) is 1.64. The van der Waals surface area contributed by atoms with Crippen molar-refractivity contribution in [3.8, 4) is 0 Å². The second-order valence-corrected chi connectivity index (χ2v) is 3.20. The predicted molar refractivity (Wildman–Crippen MR) is 62.5 cm³/mol. The molecule has 0 fully saturated rings. The molecule has 1 aromatic rings. The number of aldehydes is 1. The molecule has 4 heteroatoms. The Balaban J connectivity index is 2.66. The van der Waals surface area contributed by atoms with E-state index in [2.05, 4.69) is 4.74 Å². The van der Waals surface area contributed by atoms with E-state index in [0.29, 0.717) is 5.56 Å². The molecule has 0 atom stereocenters. The summed E-state index contributed by atoms with van der Waals surface area (Å²) in [5.41, 5.74) is 1.28. The molecule has 0 heterocycles. The van der Waals surface area contributed by atoms with Crippen molar-refractivity contribution >= 4 is 24.1 Å². The zero-order valence-corrected chi connectivity index (χ0v) is 9.38. The van der Waals surface area contributed by atoms with Crippen LogP contribution in [0.1, 0.15) is 22.8 Å². The largest absolute Gasteiger partial charge is 0.460 e. The van der Waals surface area contributed by atoms with Gasteiger partial charge in [0.2, 0.25) is 0 Å². The zero-order chi connectivity index (χ0) is 12.7. The molecule has 0 bridgehead atoms. The fourth-order valence-corrected chi connectivity index (χ4v) is 1.13. The van der Waals surface area contributed by atoms with Crippen molar-refractivity contribution < 1.29 is 19.1 Å². The first-order chi connectivity index (χ1) is 8.17. The van der Waals surface area contributed by atoms with Crippen LogP contribution in [0.5, 0.6) is 0 Å². The van der Waals surface area contributed by atoms with E-state index in [4.69, 9.17) is 0 Å². The molecule has 0 unspecified atom stereocenters. The van der Waals surface area contributed by atoms with Crippen LogP contribution >= 0.6 is 0 Å². The molecule has 0 radical (unpaired) electrons. The summed E-state index contributed by atoms with van der Waals surface area (Å²) >= 11 is 0. The highest BCUT2D eigenvalue weighted by molar-refractivity contribution is 6.39. The number of hydrogen-bond acceptors (Lipinski definition) is 4. The van der Waals surface area contributed by atoms with E-state index in [0.717, 1.165) is 17.9 Å². The summed E-state index contributed by atoms with van der Waals surface area (Å²) in [7, 11) is 0. The molecular weight excluding hydrogens is 220 g/mol. The van der Waals surface area contributed by atoms with E-state index in [9.17, 15) is 14.4 Å². The Morgan fingerprint density at radius 2 is 1.76 bits per heavy atom. The van der Waals surface area contributed by atoms with Crippen LogP contribution in [0.15, 0.2) is 30.3 Å². The number of ketones is 1. The lowest BCUT2D eigenvalue weighted by molar-refractivity contribution is -0.151. The van der Waals surface area contributed by atoms with Crippen molar-refractivity contribution in [1.29, 1.82) is 0 Å². The third kappa shape index (κ3) is 4.03. The summed E-state index contributed by atoms with van der Waals surface area (Å²) < 4.78 is 4.54. The van der Waals surface area contributed by atoms with Crippen molar-refractivity contribution in [2.45, 2.75) is 6.92 Å². The second kappa shape index (κ2) is 6.37. The Kier molecular flexibility index (Phi) is 4.81. The first-order valence-corrected chi connectivity index (χ1v) is 5.11. The Labute approximate surface area is 98.9 Å². The highest BCUT2D eigenvalue weighted by atomic mass is 16.5. The van der Waals surface area contributed by atoms with Crippen molar-refractivity contribution in [2.24, 2.45) is 0 Å². The lowest BCUT2D eigenvalue weighted by Gasteiger charge is -1.96. The van der Waals surface area contributed by atoms with Gasteiger partial charge in [-0.05, 0) is 18.6 Å². The number of carbonyl (C=O) groups excluding carboxylic acids is 3. The summed E-state index contributed by atoms with van der Waals surface area (Å²) in [5.74, 6) is -1.57. The van der Waals surface area contributed by atoms with Crippen LogP contribution in [0.2, 0.25) is 0 Å². The molecule has 1 rings (SSSR count). The molecule has 0 aromatic heterocycles. The Bertz CT molecular complexity index is 443. The SMILES string of the molecule is CCOC(=O)C(=O)C=Cc1ccc(C=O)cc1. The molecule has 17 heavy (non-hydrogen) atoms. The maximum atomic E-state index is 11.2. The van der Waals surface area contributed by atoms with Crippen molar-refractivity contribution in [1.82, 2.24) is 0 Å². The molecular formula is C13H12O4. The molecule has 4 nitrogen and oxygen atoms in total. The fraction of sp³-hybridized carbons (Fsp3) is 0.154. The van der Waals surface area contributed by atoms with Gasteiger partial charge in [0.05, 0.1) is 6.61 Å².